The van der Waals surface area contributed by atoms with E-state index in [1.54, 1.807) is 24.4 Å². The molecule has 0 aliphatic carbocycles. The van der Waals surface area contributed by atoms with Crippen LogP contribution in [-0.2, 0) is 4.79 Å². The molecule has 0 saturated carbocycles. The highest BCUT2D eigenvalue weighted by Crippen LogP contribution is 2.36. The van der Waals surface area contributed by atoms with Gasteiger partial charge in [-0.25, -0.2) is 4.98 Å². The first-order chi connectivity index (χ1) is 11.0. The minimum Gasteiger partial charge on any atom is -0.491 e. The van der Waals surface area contributed by atoms with E-state index in [-0.39, 0.29) is 5.91 Å². The molecule has 0 unspecified atom stereocenters. The lowest BCUT2D eigenvalue weighted by atomic mass is 10.2. The highest BCUT2D eigenvalue weighted by molar-refractivity contribution is 7.15. The van der Waals surface area contributed by atoms with E-state index in [1.807, 2.05) is 13.8 Å². The fraction of sp³-hybridized carbons (Fsp3) is 0.250. The number of aromatic nitrogens is 1. The highest BCUT2D eigenvalue weighted by atomic mass is 35.5. The fourth-order valence-corrected chi connectivity index (χ4v) is 2.84. The third-order valence-electron chi connectivity index (χ3n) is 2.81. The molecule has 5 nitrogen and oxygen atoms in total. The summed E-state index contributed by atoms with van der Waals surface area (Å²) in [6.07, 6.45) is 4.79. The first kappa shape index (κ1) is 17.3. The van der Waals surface area contributed by atoms with Crippen molar-refractivity contribution < 1.29 is 14.3 Å². The summed E-state index contributed by atoms with van der Waals surface area (Å²) in [7, 11) is 1.53. The molecular formula is C16H17ClN2O3S. The molecule has 2 aromatic rings. The van der Waals surface area contributed by atoms with Crippen LogP contribution in [0, 0.1) is 6.92 Å². The fourth-order valence-electron chi connectivity index (χ4n) is 1.88. The number of carbonyl (C=O) groups is 1. The molecule has 0 aliphatic heterocycles. The SMILES string of the molecule is CCOc1cc(/C=C\C(=O)Nc2ncc(C)s2)cc(Cl)c1OC. The normalized spacial score (nSPS) is 10.8. The Morgan fingerprint density at radius 1 is 1.48 bits per heavy atom. The second-order valence-corrected chi connectivity index (χ2v) is 6.21. The number of nitrogens with zero attached hydrogens (tertiary/aromatic N) is 1. The number of rotatable bonds is 6. The average molecular weight is 353 g/mol. The lowest BCUT2D eigenvalue weighted by molar-refractivity contribution is -0.111. The van der Waals surface area contributed by atoms with E-state index in [0.717, 1.165) is 10.4 Å². The van der Waals surface area contributed by atoms with Gasteiger partial charge in [-0.05, 0) is 37.6 Å². The lowest BCUT2D eigenvalue weighted by Crippen LogP contribution is -2.07. The Hall–Kier alpha value is -2.05. The van der Waals surface area contributed by atoms with Gasteiger partial charge in [0, 0.05) is 17.2 Å². The first-order valence-electron chi connectivity index (χ1n) is 6.95. The maximum Gasteiger partial charge on any atom is 0.250 e. The molecule has 0 radical (unpaired) electrons. The number of hydrogen-bond donors (Lipinski definition) is 1. The Bertz CT molecular complexity index is 728. The number of amides is 1. The molecule has 2 rings (SSSR count). The molecule has 1 aromatic carbocycles. The molecule has 0 fully saturated rings. The van der Waals surface area contributed by atoms with Crippen molar-refractivity contribution in [2.24, 2.45) is 0 Å². The van der Waals surface area contributed by atoms with Gasteiger partial charge in [0.05, 0.1) is 18.7 Å². The van der Waals surface area contributed by atoms with E-state index in [0.29, 0.717) is 28.3 Å². The number of hydrogen-bond acceptors (Lipinski definition) is 5. The summed E-state index contributed by atoms with van der Waals surface area (Å²) in [5.41, 5.74) is 0.740. The third-order valence-corrected chi connectivity index (χ3v) is 3.92. The summed E-state index contributed by atoms with van der Waals surface area (Å²) in [6, 6.07) is 3.48. The Balaban J connectivity index is 2.13. The number of benzene rings is 1. The van der Waals surface area contributed by atoms with Crippen molar-refractivity contribution in [3.05, 3.63) is 39.9 Å². The van der Waals surface area contributed by atoms with Crippen LogP contribution in [-0.4, -0.2) is 24.6 Å². The van der Waals surface area contributed by atoms with E-state index >= 15 is 0 Å². The maximum atomic E-state index is 11.9. The molecule has 23 heavy (non-hydrogen) atoms. The second kappa shape index (κ2) is 7.99. The summed E-state index contributed by atoms with van der Waals surface area (Å²) >= 11 is 7.59. The molecule has 1 aromatic heterocycles. The summed E-state index contributed by atoms with van der Waals surface area (Å²) in [5, 5.41) is 3.70. The zero-order valence-corrected chi connectivity index (χ0v) is 14.6. The van der Waals surface area contributed by atoms with E-state index in [9.17, 15) is 4.79 Å². The van der Waals surface area contributed by atoms with Crippen LogP contribution in [0.3, 0.4) is 0 Å². The Kier molecular flexibility index (Phi) is 6.01. The topological polar surface area (TPSA) is 60.5 Å². The zero-order chi connectivity index (χ0) is 16.8. The van der Waals surface area contributed by atoms with Crippen molar-refractivity contribution >= 4 is 40.1 Å². The van der Waals surface area contributed by atoms with Crippen LogP contribution >= 0.6 is 22.9 Å². The number of carbonyl (C=O) groups excluding carboxylic acids is 1. The molecule has 122 valence electrons. The van der Waals surface area contributed by atoms with Crippen LogP contribution < -0.4 is 14.8 Å². The van der Waals surface area contributed by atoms with E-state index in [4.69, 9.17) is 21.1 Å². The molecule has 0 aliphatic rings. The maximum absolute atomic E-state index is 11.9. The number of anilines is 1. The Labute approximate surface area is 143 Å². The number of halogens is 1. The van der Waals surface area contributed by atoms with Crippen LogP contribution in [0.5, 0.6) is 11.5 Å². The number of ether oxygens (including phenoxy) is 2. The number of methoxy groups -OCH3 is 1. The molecule has 0 atom stereocenters. The van der Waals surface area contributed by atoms with E-state index in [1.165, 1.54) is 24.5 Å². The van der Waals surface area contributed by atoms with Gasteiger partial charge in [-0.1, -0.05) is 11.6 Å². The van der Waals surface area contributed by atoms with Gasteiger partial charge in [0.2, 0.25) is 5.91 Å². The summed E-state index contributed by atoms with van der Waals surface area (Å²) in [4.78, 5) is 17.0. The summed E-state index contributed by atoms with van der Waals surface area (Å²) in [5.74, 6) is 0.760. The van der Waals surface area contributed by atoms with Crippen molar-refractivity contribution in [2.75, 3.05) is 19.0 Å². The van der Waals surface area contributed by atoms with Crippen molar-refractivity contribution in [2.45, 2.75) is 13.8 Å². The Morgan fingerprint density at radius 2 is 2.26 bits per heavy atom. The molecule has 1 N–H and O–H groups in total. The summed E-state index contributed by atoms with van der Waals surface area (Å²) < 4.78 is 10.7. The average Bonchev–Trinajstić information content (AvgIpc) is 2.90. The second-order valence-electron chi connectivity index (χ2n) is 4.57. The van der Waals surface area contributed by atoms with Gasteiger partial charge in [0.25, 0.3) is 0 Å². The van der Waals surface area contributed by atoms with Crippen LogP contribution in [0.15, 0.2) is 24.4 Å². The quantitative estimate of drug-likeness (QED) is 0.793. The van der Waals surface area contributed by atoms with Crippen LogP contribution in [0.1, 0.15) is 17.4 Å². The van der Waals surface area contributed by atoms with Gasteiger partial charge < -0.3 is 9.47 Å². The smallest absolute Gasteiger partial charge is 0.250 e. The van der Waals surface area contributed by atoms with Crippen molar-refractivity contribution in [3.63, 3.8) is 0 Å². The Morgan fingerprint density at radius 3 is 2.87 bits per heavy atom. The van der Waals surface area contributed by atoms with Gasteiger partial charge in [0.1, 0.15) is 0 Å². The van der Waals surface area contributed by atoms with Crippen molar-refractivity contribution in [1.82, 2.24) is 4.98 Å². The molecule has 0 bridgehead atoms. The third kappa shape index (κ3) is 4.71. The highest BCUT2D eigenvalue weighted by Gasteiger charge is 2.10. The lowest BCUT2D eigenvalue weighted by Gasteiger charge is -2.11. The summed E-state index contributed by atoms with van der Waals surface area (Å²) in [6.45, 7) is 4.29. The van der Waals surface area contributed by atoms with Gasteiger partial charge in [-0.15, -0.1) is 11.3 Å². The van der Waals surface area contributed by atoms with Crippen LogP contribution in [0.4, 0.5) is 5.13 Å². The minimum absolute atomic E-state index is 0.260. The molecular weight excluding hydrogens is 336 g/mol. The van der Waals surface area contributed by atoms with Crippen molar-refractivity contribution in [1.29, 1.82) is 0 Å². The first-order valence-corrected chi connectivity index (χ1v) is 8.14. The molecule has 0 saturated heterocycles. The van der Waals surface area contributed by atoms with Gasteiger partial charge in [0.15, 0.2) is 16.6 Å². The molecule has 1 amide bonds. The predicted molar refractivity (Wildman–Crippen MR) is 93.7 cm³/mol. The molecule has 1 heterocycles. The van der Waals surface area contributed by atoms with Crippen molar-refractivity contribution in [3.8, 4) is 11.5 Å². The van der Waals surface area contributed by atoms with Gasteiger partial charge >= 0.3 is 0 Å². The molecule has 7 heteroatoms. The standard InChI is InChI=1S/C16H17ClN2O3S/c1-4-22-13-8-11(7-12(17)15(13)21-3)5-6-14(20)19-16-18-9-10(2)23-16/h5-9H,4H2,1-3H3,(H,18,19,20)/b6-5-. The zero-order valence-electron chi connectivity index (χ0n) is 13.1. The molecule has 0 spiro atoms. The van der Waals surface area contributed by atoms with Gasteiger partial charge in [-0.3, -0.25) is 10.1 Å². The number of aryl methyl sites for hydroxylation is 1. The largest absolute Gasteiger partial charge is 0.491 e. The van der Waals surface area contributed by atoms with Crippen LogP contribution in [0.2, 0.25) is 5.02 Å². The van der Waals surface area contributed by atoms with E-state index in [2.05, 4.69) is 10.3 Å². The van der Waals surface area contributed by atoms with Gasteiger partial charge in [-0.2, -0.15) is 0 Å². The van der Waals surface area contributed by atoms with Crippen LogP contribution in [0.25, 0.3) is 6.08 Å². The minimum atomic E-state index is -0.260. The predicted octanol–water partition coefficient (Wildman–Crippen LogP) is 4.16. The number of nitrogens with one attached hydrogen (secondary N) is 1. The van der Waals surface area contributed by atoms with E-state index < -0.39 is 0 Å². The monoisotopic (exact) mass is 352 g/mol. The number of thiazole rings is 1.